The summed E-state index contributed by atoms with van der Waals surface area (Å²) >= 11 is 0. The second-order valence-corrected chi connectivity index (χ2v) is 9.25. The number of anilines is 1. The smallest absolute Gasteiger partial charge is 0.338 e. The minimum atomic E-state index is -0.251. The molecule has 4 heteroatoms. The molecule has 0 radical (unpaired) electrons. The topological polar surface area (TPSA) is 38.8 Å². The van der Waals surface area contributed by atoms with Crippen molar-refractivity contribution in [1.29, 1.82) is 0 Å². The molecule has 1 unspecified atom stereocenters. The standard InChI is InChI=1S/C31H37NO3/c1-5-8-9-12-19-34-31(33)25-14-11-10-13-24(25)30-26-17-15-22(4)20-28(26)35-29-21-23(16-18-27(29)30)32(6-2)7-3/h10-11,13-18,20-21,30H,5-9,12,19H2,1-4H3. The molecular formula is C31H37NO3. The molecule has 3 aromatic rings. The van der Waals surface area contributed by atoms with E-state index in [9.17, 15) is 4.79 Å². The Hall–Kier alpha value is -3.27. The number of rotatable bonds is 10. The lowest BCUT2D eigenvalue weighted by Gasteiger charge is -2.31. The Balaban J connectivity index is 1.75. The van der Waals surface area contributed by atoms with Gasteiger partial charge in [-0.25, -0.2) is 4.79 Å². The van der Waals surface area contributed by atoms with Crippen LogP contribution in [0.5, 0.6) is 11.5 Å². The van der Waals surface area contributed by atoms with E-state index in [4.69, 9.17) is 9.47 Å². The van der Waals surface area contributed by atoms with E-state index in [0.717, 1.165) is 71.8 Å². The van der Waals surface area contributed by atoms with Crippen molar-refractivity contribution >= 4 is 11.7 Å². The molecule has 0 fully saturated rings. The van der Waals surface area contributed by atoms with Gasteiger partial charge in [0, 0.05) is 41.9 Å². The number of hydrogen-bond acceptors (Lipinski definition) is 4. The van der Waals surface area contributed by atoms with Crippen LogP contribution in [0, 0.1) is 6.92 Å². The van der Waals surface area contributed by atoms with Crippen LogP contribution in [0.2, 0.25) is 0 Å². The lowest BCUT2D eigenvalue weighted by Crippen LogP contribution is -2.22. The highest BCUT2D eigenvalue weighted by atomic mass is 16.5. The second kappa shape index (κ2) is 11.4. The van der Waals surface area contributed by atoms with Crippen molar-refractivity contribution in [2.75, 3.05) is 24.6 Å². The van der Waals surface area contributed by atoms with E-state index in [1.165, 1.54) is 6.42 Å². The van der Waals surface area contributed by atoms with Gasteiger partial charge in [-0.15, -0.1) is 0 Å². The molecule has 1 aliphatic heterocycles. The fourth-order valence-corrected chi connectivity index (χ4v) is 4.93. The van der Waals surface area contributed by atoms with Crippen molar-refractivity contribution < 1.29 is 14.3 Å². The molecule has 4 nitrogen and oxygen atoms in total. The second-order valence-electron chi connectivity index (χ2n) is 9.25. The van der Waals surface area contributed by atoms with Crippen LogP contribution in [0.25, 0.3) is 0 Å². The van der Waals surface area contributed by atoms with E-state index < -0.39 is 0 Å². The lowest BCUT2D eigenvalue weighted by molar-refractivity contribution is 0.0496. The first kappa shape index (κ1) is 24.8. The van der Waals surface area contributed by atoms with E-state index >= 15 is 0 Å². The van der Waals surface area contributed by atoms with Crippen LogP contribution < -0.4 is 9.64 Å². The van der Waals surface area contributed by atoms with Gasteiger partial charge in [0.1, 0.15) is 11.5 Å². The van der Waals surface area contributed by atoms with Gasteiger partial charge in [-0.2, -0.15) is 0 Å². The Morgan fingerprint density at radius 1 is 0.857 bits per heavy atom. The number of aryl methyl sites for hydroxylation is 1. The number of hydrogen-bond donors (Lipinski definition) is 0. The van der Waals surface area contributed by atoms with Gasteiger partial charge in [-0.3, -0.25) is 0 Å². The molecular weight excluding hydrogens is 434 g/mol. The van der Waals surface area contributed by atoms with Gasteiger partial charge >= 0.3 is 5.97 Å². The predicted molar refractivity (Wildman–Crippen MR) is 143 cm³/mol. The van der Waals surface area contributed by atoms with Crippen molar-refractivity contribution in [1.82, 2.24) is 0 Å². The van der Waals surface area contributed by atoms with Crippen molar-refractivity contribution in [2.24, 2.45) is 0 Å². The average Bonchev–Trinajstić information content (AvgIpc) is 2.87. The summed E-state index contributed by atoms with van der Waals surface area (Å²) in [4.78, 5) is 15.5. The summed E-state index contributed by atoms with van der Waals surface area (Å²) in [5.41, 5.74) is 6.01. The zero-order chi connectivity index (χ0) is 24.8. The normalized spacial score (nSPS) is 14.0. The highest BCUT2D eigenvalue weighted by Gasteiger charge is 2.32. The van der Waals surface area contributed by atoms with Crippen LogP contribution in [0.3, 0.4) is 0 Å². The summed E-state index contributed by atoms with van der Waals surface area (Å²) in [6, 6.07) is 20.6. The number of carbonyl (C=O) groups excluding carboxylic acids is 1. The van der Waals surface area contributed by atoms with Gasteiger partial charge in [0.25, 0.3) is 0 Å². The van der Waals surface area contributed by atoms with E-state index in [-0.39, 0.29) is 11.9 Å². The van der Waals surface area contributed by atoms with Crippen LogP contribution in [0.1, 0.15) is 85.0 Å². The maximum absolute atomic E-state index is 13.2. The highest BCUT2D eigenvalue weighted by molar-refractivity contribution is 5.92. The SMILES string of the molecule is CCCCCCOC(=O)c1ccccc1C1c2ccc(C)cc2Oc2cc(N(CC)CC)ccc21. The Kier molecular flexibility index (Phi) is 8.12. The van der Waals surface area contributed by atoms with E-state index in [1.54, 1.807) is 0 Å². The maximum atomic E-state index is 13.2. The van der Waals surface area contributed by atoms with Crippen LogP contribution >= 0.6 is 0 Å². The molecule has 0 spiro atoms. The summed E-state index contributed by atoms with van der Waals surface area (Å²) < 4.78 is 12.2. The molecule has 4 rings (SSSR count). The van der Waals surface area contributed by atoms with Gasteiger partial charge < -0.3 is 14.4 Å². The molecule has 1 heterocycles. The highest BCUT2D eigenvalue weighted by Crippen LogP contribution is 2.49. The van der Waals surface area contributed by atoms with Gasteiger partial charge in [-0.1, -0.05) is 62.6 Å². The molecule has 3 aromatic carbocycles. The van der Waals surface area contributed by atoms with E-state index in [2.05, 4.69) is 75.1 Å². The van der Waals surface area contributed by atoms with Crippen LogP contribution in [0.15, 0.2) is 60.7 Å². The summed E-state index contributed by atoms with van der Waals surface area (Å²) in [7, 11) is 0. The van der Waals surface area contributed by atoms with Gasteiger partial charge in [0.05, 0.1) is 12.2 Å². The van der Waals surface area contributed by atoms with Crippen molar-refractivity contribution in [2.45, 2.75) is 59.3 Å². The third kappa shape index (κ3) is 5.37. The summed E-state index contributed by atoms with van der Waals surface area (Å²) in [6.45, 7) is 10.9. The van der Waals surface area contributed by atoms with Crippen LogP contribution in [0.4, 0.5) is 5.69 Å². The number of unbranched alkanes of at least 4 members (excludes halogenated alkanes) is 3. The maximum Gasteiger partial charge on any atom is 0.338 e. The van der Waals surface area contributed by atoms with Crippen molar-refractivity contribution in [3.8, 4) is 11.5 Å². The van der Waals surface area contributed by atoms with Gasteiger partial charge in [0.2, 0.25) is 0 Å². The lowest BCUT2D eigenvalue weighted by atomic mass is 9.80. The average molecular weight is 472 g/mol. The fraction of sp³-hybridized carbons (Fsp3) is 0.387. The molecule has 0 amide bonds. The molecule has 1 atom stereocenters. The first-order valence-electron chi connectivity index (χ1n) is 13.0. The molecule has 0 saturated heterocycles. The minimum absolute atomic E-state index is 0.107. The molecule has 0 aliphatic carbocycles. The molecule has 1 aliphatic rings. The van der Waals surface area contributed by atoms with Crippen molar-refractivity contribution in [3.05, 3.63) is 88.5 Å². The summed E-state index contributed by atoms with van der Waals surface area (Å²) in [5, 5.41) is 0. The summed E-state index contributed by atoms with van der Waals surface area (Å²) in [5.74, 6) is 1.34. The third-order valence-electron chi connectivity index (χ3n) is 6.86. The Morgan fingerprint density at radius 2 is 1.57 bits per heavy atom. The number of esters is 1. The van der Waals surface area contributed by atoms with E-state index in [1.807, 2.05) is 18.2 Å². The number of carbonyl (C=O) groups is 1. The minimum Gasteiger partial charge on any atom is -0.462 e. The molecule has 0 aromatic heterocycles. The fourth-order valence-electron chi connectivity index (χ4n) is 4.93. The van der Waals surface area contributed by atoms with E-state index in [0.29, 0.717) is 12.2 Å². The summed E-state index contributed by atoms with van der Waals surface area (Å²) in [6.07, 6.45) is 4.31. The van der Waals surface area contributed by atoms with Gasteiger partial charge in [-0.05, 0) is 56.5 Å². The molecule has 0 N–H and O–H groups in total. The molecule has 0 bridgehead atoms. The molecule has 184 valence electrons. The predicted octanol–water partition coefficient (Wildman–Crippen LogP) is 7.86. The molecule has 35 heavy (non-hydrogen) atoms. The number of benzene rings is 3. The van der Waals surface area contributed by atoms with Gasteiger partial charge in [0.15, 0.2) is 0 Å². The first-order chi connectivity index (χ1) is 17.1. The largest absolute Gasteiger partial charge is 0.462 e. The van der Waals surface area contributed by atoms with Crippen LogP contribution in [-0.4, -0.2) is 25.7 Å². The zero-order valence-corrected chi connectivity index (χ0v) is 21.5. The monoisotopic (exact) mass is 471 g/mol. The quantitative estimate of drug-likeness (QED) is 0.174. The Labute approximate surface area is 209 Å². The number of fused-ring (bicyclic) bond motifs is 2. The zero-order valence-electron chi connectivity index (χ0n) is 21.5. The number of ether oxygens (including phenoxy) is 2. The number of nitrogens with zero attached hydrogens (tertiary/aromatic N) is 1. The van der Waals surface area contributed by atoms with Crippen LogP contribution in [-0.2, 0) is 4.74 Å². The molecule has 0 saturated carbocycles. The Bertz CT molecular complexity index is 1170. The van der Waals surface area contributed by atoms with Crippen molar-refractivity contribution in [3.63, 3.8) is 0 Å². The Morgan fingerprint density at radius 3 is 2.31 bits per heavy atom. The third-order valence-corrected chi connectivity index (χ3v) is 6.86. The first-order valence-corrected chi connectivity index (χ1v) is 13.0.